The second-order valence-electron chi connectivity index (χ2n) is 7.87. The number of benzene rings is 2. The van der Waals surface area contributed by atoms with Gasteiger partial charge in [-0.15, -0.1) is 0 Å². The lowest BCUT2D eigenvalue weighted by atomic mass is 10.0. The summed E-state index contributed by atoms with van der Waals surface area (Å²) in [4.78, 5) is 15.0. The maximum absolute atomic E-state index is 13.5. The van der Waals surface area contributed by atoms with Gasteiger partial charge in [0.15, 0.2) is 0 Å². The fourth-order valence-electron chi connectivity index (χ4n) is 4.49. The van der Waals surface area contributed by atoms with Crippen LogP contribution in [0, 0.1) is 5.82 Å². The van der Waals surface area contributed by atoms with Crippen LogP contribution in [0.1, 0.15) is 36.0 Å². The maximum atomic E-state index is 13.5. The van der Waals surface area contributed by atoms with Crippen molar-refractivity contribution >= 4 is 5.91 Å². The smallest absolute Gasteiger partial charge is 0.251 e. The molecule has 29 heavy (non-hydrogen) atoms. The van der Waals surface area contributed by atoms with Crippen LogP contribution < -0.4 is 10.1 Å². The van der Waals surface area contributed by atoms with E-state index in [-0.39, 0.29) is 23.8 Å². The molecule has 2 aromatic rings. The van der Waals surface area contributed by atoms with E-state index in [2.05, 4.69) is 10.2 Å². The molecule has 1 aliphatic carbocycles. The van der Waals surface area contributed by atoms with Crippen LogP contribution in [0.2, 0.25) is 0 Å². The topological polar surface area (TPSA) is 61.8 Å². The van der Waals surface area contributed by atoms with Crippen LogP contribution in [-0.4, -0.2) is 53.3 Å². The van der Waals surface area contributed by atoms with Crippen molar-refractivity contribution in [1.82, 2.24) is 10.2 Å². The quantitative estimate of drug-likeness (QED) is 0.813. The molecule has 2 N–H and O–H groups in total. The molecule has 1 saturated carbocycles. The van der Waals surface area contributed by atoms with Crippen molar-refractivity contribution in [3.63, 3.8) is 0 Å². The highest BCUT2D eigenvalue weighted by Gasteiger charge is 2.47. The molecule has 2 aliphatic rings. The van der Waals surface area contributed by atoms with Crippen molar-refractivity contribution in [3.8, 4) is 5.75 Å². The lowest BCUT2D eigenvalue weighted by Crippen LogP contribution is -2.54. The van der Waals surface area contributed by atoms with E-state index in [9.17, 15) is 14.3 Å². The molecule has 4 atom stereocenters. The molecule has 1 amide bonds. The molecular weight excluding hydrogens is 371 g/mol. The van der Waals surface area contributed by atoms with Gasteiger partial charge in [-0.1, -0.05) is 30.7 Å². The van der Waals surface area contributed by atoms with Gasteiger partial charge in [-0.05, 0) is 50.2 Å². The summed E-state index contributed by atoms with van der Waals surface area (Å²) in [6.45, 7) is 1.79. The van der Waals surface area contributed by atoms with Gasteiger partial charge in [-0.2, -0.15) is 0 Å². The molecule has 1 saturated heterocycles. The van der Waals surface area contributed by atoms with Gasteiger partial charge in [0.2, 0.25) is 0 Å². The van der Waals surface area contributed by atoms with Gasteiger partial charge in [0.05, 0.1) is 12.1 Å². The highest BCUT2D eigenvalue weighted by atomic mass is 19.1. The highest BCUT2D eigenvalue weighted by molar-refractivity contribution is 5.94. The minimum absolute atomic E-state index is 0.156. The minimum atomic E-state index is -0.766. The summed E-state index contributed by atoms with van der Waals surface area (Å²) in [5.74, 6) is -0.144. The third-order valence-corrected chi connectivity index (χ3v) is 5.88. The molecular formula is C23H27FN2O3. The Bertz CT molecular complexity index is 826. The summed E-state index contributed by atoms with van der Waals surface area (Å²) in [5.41, 5.74) is 0.592. The summed E-state index contributed by atoms with van der Waals surface area (Å²) < 4.78 is 19.5. The Balaban J connectivity index is 1.52. The van der Waals surface area contributed by atoms with Crippen LogP contribution >= 0.6 is 0 Å². The number of piperidine rings is 1. The Morgan fingerprint density at radius 2 is 1.83 bits per heavy atom. The number of amides is 1. The van der Waals surface area contributed by atoms with Crippen LogP contribution in [0.15, 0.2) is 54.6 Å². The number of aliphatic hydroxyl groups excluding tert-OH is 1. The molecule has 6 heteroatoms. The molecule has 5 nitrogen and oxygen atoms in total. The second-order valence-corrected chi connectivity index (χ2v) is 7.87. The Morgan fingerprint density at radius 1 is 1.07 bits per heavy atom. The average molecular weight is 398 g/mol. The number of nitrogens with zero attached hydrogens (tertiary/aromatic N) is 1. The molecule has 0 spiro atoms. The first-order valence-corrected chi connectivity index (χ1v) is 10.3. The number of ether oxygens (including phenoxy) is 1. The van der Waals surface area contributed by atoms with Crippen molar-refractivity contribution in [2.24, 2.45) is 0 Å². The third-order valence-electron chi connectivity index (χ3n) is 5.88. The largest absolute Gasteiger partial charge is 0.487 e. The van der Waals surface area contributed by atoms with Crippen molar-refractivity contribution in [1.29, 1.82) is 0 Å². The maximum Gasteiger partial charge on any atom is 0.251 e. The molecule has 0 bridgehead atoms. The van der Waals surface area contributed by atoms with Crippen LogP contribution in [0.25, 0.3) is 0 Å². The molecule has 1 aliphatic heterocycles. The van der Waals surface area contributed by atoms with Gasteiger partial charge >= 0.3 is 0 Å². The third kappa shape index (κ3) is 4.60. The minimum Gasteiger partial charge on any atom is -0.487 e. The van der Waals surface area contributed by atoms with E-state index in [1.54, 1.807) is 24.3 Å². The first-order valence-electron chi connectivity index (χ1n) is 10.3. The predicted octanol–water partition coefficient (Wildman–Crippen LogP) is 2.99. The van der Waals surface area contributed by atoms with E-state index >= 15 is 0 Å². The van der Waals surface area contributed by atoms with Gasteiger partial charge in [-0.3, -0.25) is 9.69 Å². The van der Waals surface area contributed by atoms with Gasteiger partial charge in [0.25, 0.3) is 5.91 Å². The predicted molar refractivity (Wildman–Crippen MR) is 108 cm³/mol. The molecule has 154 valence electrons. The molecule has 1 heterocycles. The molecule has 2 fully saturated rings. The number of carbonyl (C=O) groups is 1. The van der Waals surface area contributed by atoms with Crippen LogP contribution in [0.5, 0.6) is 5.75 Å². The molecule has 0 aromatic heterocycles. The molecule has 2 aromatic carbocycles. The van der Waals surface area contributed by atoms with Crippen molar-refractivity contribution < 1.29 is 19.0 Å². The summed E-state index contributed by atoms with van der Waals surface area (Å²) >= 11 is 0. The summed E-state index contributed by atoms with van der Waals surface area (Å²) in [6, 6.07) is 14.6. The summed E-state index contributed by atoms with van der Waals surface area (Å²) in [7, 11) is 0. The van der Waals surface area contributed by atoms with E-state index in [1.807, 2.05) is 18.2 Å². The van der Waals surface area contributed by atoms with Crippen molar-refractivity contribution in [2.75, 3.05) is 13.1 Å². The number of hydrogen-bond acceptors (Lipinski definition) is 4. The number of halogens is 1. The number of likely N-dealkylation sites (tertiary alicyclic amines) is 1. The standard InChI is InChI=1S/C23H27FN2O3/c24-17-10-7-11-18(14-17)29-20-15-19(25-23(28)16-8-3-1-4-9-16)21(22(20)27)26-12-5-2-6-13-26/h1,3-4,7-11,14,19-22,27H,2,5-6,12-13,15H2,(H,25,28)/t19-,20-,21+,22+/m1/s1. The van der Waals surface area contributed by atoms with E-state index in [1.165, 1.54) is 18.6 Å². The van der Waals surface area contributed by atoms with Gasteiger partial charge in [0.1, 0.15) is 23.8 Å². The zero-order chi connectivity index (χ0) is 20.2. The first-order chi connectivity index (χ1) is 14.1. The molecule has 4 rings (SSSR count). The number of nitrogens with one attached hydrogen (secondary N) is 1. The fourth-order valence-corrected chi connectivity index (χ4v) is 4.49. The van der Waals surface area contributed by atoms with E-state index in [0.29, 0.717) is 17.7 Å². The lowest BCUT2D eigenvalue weighted by Gasteiger charge is -2.37. The Kier molecular flexibility index (Phi) is 6.11. The first kappa shape index (κ1) is 19.9. The van der Waals surface area contributed by atoms with Gasteiger partial charge in [-0.25, -0.2) is 4.39 Å². The Hall–Kier alpha value is -2.44. The number of carbonyl (C=O) groups excluding carboxylic acids is 1. The number of hydrogen-bond donors (Lipinski definition) is 2. The Morgan fingerprint density at radius 3 is 2.55 bits per heavy atom. The highest BCUT2D eigenvalue weighted by Crippen LogP contribution is 2.31. The second kappa shape index (κ2) is 8.93. The van der Waals surface area contributed by atoms with E-state index in [0.717, 1.165) is 25.9 Å². The average Bonchev–Trinajstić information content (AvgIpc) is 3.04. The van der Waals surface area contributed by atoms with Crippen molar-refractivity contribution in [2.45, 2.75) is 50.0 Å². The fraction of sp³-hybridized carbons (Fsp3) is 0.435. The van der Waals surface area contributed by atoms with E-state index in [4.69, 9.17) is 4.74 Å². The molecule has 0 unspecified atom stereocenters. The summed E-state index contributed by atoms with van der Waals surface area (Å²) in [5, 5.41) is 14.2. The van der Waals surface area contributed by atoms with Gasteiger partial charge < -0.3 is 15.2 Å². The summed E-state index contributed by atoms with van der Waals surface area (Å²) in [6.07, 6.45) is 2.54. The van der Waals surface area contributed by atoms with Crippen molar-refractivity contribution in [3.05, 3.63) is 66.0 Å². The van der Waals surface area contributed by atoms with Crippen LogP contribution in [0.3, 0.4) is 0 Å². The van der Waals surface area contributed by atoms with Gasteiger partial charge in [0, 0.05) is 18.1 Å². The molecule has 0 radical (unpaired) electrons. The lowest BCUT2D eigenvalue weighted by molar-refractivity contribution is 0.00137. The number of rotatable bonds is 5. The normalized spacial score (nSPS) is 27.5. The Labute approximate surface area is 170 Å². The SMILES string of the molecule is O=C(N[C@@H]1C[C@@H](Oc2cccc(F)c2)[C@H](O)[C@H]1N1CCCCC1)c1ccccc1. The number of aliphatic hydroxyl groups is 1. The van der Waals surface area contributed by atoms with Crippen LogP contribution in [0.4, 0.5) is 4.39 Å². The van der Waals surface area contributed by atoms with E-state index < -0.39 is 12.2 Å². The van der Waals surface area contributed by atoms with Crippen LogP contribution in [-0.2, 0) is 0 Å². The zero-order valence-electron chi connectivity index (χ0n) is 16.3. The zero-order valence-corrected chi connectivity index (χ0v) is 16.3. The monoisotopic (exact) mass is 398 g/mol.